The summed E-state index contributed by atoms with van der Waals surface area (Å²) in [5.41, 5.74) is -0.542. The average Bonchev–Trinajstić information content (AvgIpc) is 2.30. The van der Waals surface area contributed by atoms with Gasteiger partial charge < -0.3 is 9.47 Å². The molecule has 0 spiro atoms. The highest BCUT2D eigenvalue weighted by molar-refractivity contribution is 5.96. The summed E-state index contributed by atoms with van der Waals surface area (Å²) in [7, 11) is 0. The Balaban J connectivity index is 2.53. The number of esters is 2. The van der Waals surface area contributed by atoms with Gasteiger partial charge >= 0.3 is 11.9 Å². The van der Waals surface area contributed by atoms with Gasteiger partial charge in [-0.05, 0) is 20.8 Å². The lowest BCUT2D eigenvalue weighted by atomic mass is 10.1. The van der Waals surface area contributed by atoms with Crippen molar-refractivity contribution in [2.45, 2.75) is 32.8 Å². The molecular weight excluding hydrogens is 172 g/mol. The lowest BCUT2D eigenvalue weighted by Crippen LogP contribution is -2.30. The Kier molecular flexibility index (Phi) is 2.59. The van der Waals surface area contributed by atoms with Crippen molar-refractivity contribution in [2.75, 3.05) is 6.61 Å². The number of hydrogen-bond acceptors (Lipinski definition) is 4. The lowest BCUT2D eigenvalue weighted by Gasteiger charge is -2.20. The van der Waals surface area contributed by atoms with Crippen molar-refractivity contribution in [3.63, 3.8) is 0 Å². The lowest BCUT2D eigenvalue weighted by molar-refractivity contribution is -0.164. The van der Waals surface area contributed by atoms with Crippen LogP contribution in [0.1, 0.15) is 27.2 Å². The Morgan fingerprint density at radius 1 is 1.54 bits per heavy atom. The molecule has 1 heterocycles. The van der Waals surface area contributed by atoms with Crippen LogP contribution >= 0.6 is 0 Å². The molecule has 0 unspecified atom stereocenters. The first-order valence-electron chi connectivity index (χ1n) is 4.29. The minimum Gasteiger partial charge on any atom is -0.465 e. The number of rotatable bonds is 1. The van der Waals surface area contributed by atoms with Gasteiger partial charge in [0, 0.05) is 6.42 Å². The minimum absolute atomic E-state index is 0.322. The van der Waals surface area contributed by atoms with E-state index in [1.165, 1.54) is 0 Å². The molecule has 1 aliphatic rings. The Bertz CT molecular complexity index is 226. The molecule has 13 heavy (non-hydrogen) atoms. The standard InChI is InChI=1S/C9H14O4/c1-9(2,3)13-8(11)6-4-5-12-7(6)10/h6H,4-5H2,1-3H3/t6-/m1/s1. The SMILES string of the molecule is CC(C)(C)OC(=O)[C@@H]1CCOC1=O. The quantitative estimate of drug-likeness (QED) is 0.451. The van der Waals surface area contributed by atoms with Crippen molar-refractivity contribution >= 4 is 11.9 Å². The maximum atomic E-state index is 11.3. The van der Waals surface area contributed by atoms with E-state index >= 15 is 0 Å². The molecule has 4 nitrogen and oxygen atoms in total. The molecule has 0 aromatic carbocycles. The van der Waals surface area contributed by atoms with Crippen molar-refractivity contribution in [1.29, 1.82) is 0 Å². The van der Waals surface area contributed by atoms with E-state index in [2.05, 4.69) is 4.74 Å². The Hall–Kier alpha value is -1.06. The van der Waals surface area contributed by atoms with Crippen LogP contribution < -0.4 is 0 Å². The summed E-state index contributed by atoms with van der Waals surface area (Å²) in [6.07, 6.45) is 0.438. The van der Waals surface area contributed by atoms with Crippen LogP contribution in [0.5, 0.6) is 0 Å². The minimum atomic E-state index is -0.709. The zero-order valence-corrected chi connectivity index (χ0v) is 8.12. The zero-order chi connectivity index (χ0) is 10.1. The normalized spacial score (nSPS) is 22.7. The van der Waals surface area contributed by atoms with Gasteiger partial charge in [-0.2, -0.15) is 0 Å². The van der Waals surface area contributed by atoms with Gasteiger partial charge in [0.1, 0.15) is 5.60 Å². The predicted octanol–water partition coefficient (Wildman–Crippen LogP) is 0.891. The van der Waals surface area contributed by atoms with Gasteiger partial charge in [0.15, 0.2) is 5.92 Å². The van der Waals surface area contributed by atoms with E-state index in [-0.39, 0.29) is 0 Å². The van der Waals surface area contributed by atoms with E-state index in [9.17, 15) is 9.59 Å². The zero-order valence-electron chi connectivity index (χ0n) is 8.12. The highest BCUT2D eigenvalue weighted by atomic mass is 16.6. The summed E-state index contributed by atoms with van der Waals surface area (Å²) in [6.45, 7) is 5.63. The van der Waals surface area contributed by atoms with E-state index < -0.39 is 23.5 Å². The summed E-state index contributed by atoms with van der Waals surface area (Å²) in [4.78, 5) is 22.3. The van der Waals surface area contributed by atoms with E-state index in [0.717, 1.165) is 0 Å². The van der Waals surface area contributed by atoms with Crippen molar-refractivity contribution in [3.8, 4) is 0 Å². The molecule has 4 heteroatoms. The van der Waals surface area contributed by atoms with Crippen LogP contribution in [-0.4, -0.2) is 24.1 Å². The third-order valence-corrected chi connectivity index (χ3v) is 1.63. The second kappa shape index (κ2) is 3.36. The molecule has 1 rings (SSSR count). The summed E-state index contributed by atoms with van der Waals surface area (Å²) < 4.78 is 9.71. The van der Waals surface area contributed by atoms with Crippen molar-refractivity contribution in [2.24, 2.45) is 5.92 Å². The molecule has 1 atom stereocenters. The molecule has 0 aliphatic carbocycles. The average molecular weight is 186 g/mol. The van der Waals surface area contributed by atoms with Crippen LogP contribution in [0.25, 0.3) is 0 Å². The second-order valence-corrected chi connectivity index (χ2v) is 4.04. The molecular formula is C9H14O4. The van der Waals surface area contributed by atoms with Crippen molar-refractivity contribution < 1.29 is 19.1 Å². The fourth-order valence-corrected chi connectivity index (χ4v) is 1.08. The number of carbonyl (C=O) groups excluding carboxylic acids is 2. The number of hydrogen-bond donors (Lipinski definition) is 0. The molecule has 0 saturated carbocycles. The summed E-state index contributed by atoms with van der Waals surface area (Å²) in [6, 6.07) is 0. The third kappa shape index (κ3) is 2.72. The van der Waals surface area contributed by atoms with E-state index in [0.29, 0.717) is 13.0 Å². The Morgan fingerprint density at radius 3 is 2.54 bits per heavy atom. The second-order valence-electron chi connectivity index (χ2n) is 4.04. The molecule has 1 saturated heterocycles. The molecule has 1 fully saturated rings. The summed E-state index contributed by atoms with van der Waals surface area (Å²) in [5.74, 6) is -1.65. The van der Waals surface area contributed by atoms with Crippen LogP contribution in [0.3, 0.4) is 0 Å². The highest BCUT2D eigenvalue weighted by Crippen LogP contribution is 2.19. The first-order chi connectivity index (χ1) is 5.90. The van der Waals surface area contributed by atoms with Gasteiger partial charge in [0.05, 0.1) is 6.61 Å². The number of carbonyl (C=O) groups is 2. The van der Waals surface area contributed by atoms with Gasteiger partial charge in [-0.1, -0.05) is 0 Å². The van der Waals surface area contributed by atoms with E-state index in [4.69, 9.17) is 4.74 Å². The fourth-order valence-electron chi connectivity index (χ4n) is 1.08. The fraction of sp³-hybridized carbons (Fsp3) is 0.778. The van der Waals surface area contributed by atoms with Gasteiger partial charge in [0.2, 0.25) is 0 Å². The van der Waals surface area contributed by atoms with Crippen LogP contribution in [0.2, 0.25) is 0 Å². The van der Waals surface area contributed by atoms with Gasteiger partial charge in [-0.3, -0.25) is 9.59 Å². The number of ether oxygens (including phenoxy) is 2. The topological polar surface area (TPSA) is 52.6 Å². The maximum absolute atomic E-state index is 11.3. The summed E-state index contributed by atoms with van der Waals surface area (Å²) >= 11 is 0. The van der Waals surface area contributed by atoms with Gasteiger partial charge in [0.25, 0.3) is 0 Å². The smallest absolute Gasteiger partial charge is 0.320 e. The molecule has 1 aliphatic heterocycles. The van der Waals surface area contributed by atoms with Crippen LogP contribution in [0, 0.1) is 5.92 Å². The van der Waals surface area contributed by atoms with E-state index in [1.807, 2.05) is 0 Å². The molecule has 0 N–H and O–H groups in total. The maximum Gasteiger partial charge on any atom is 0.320 e. The first kappa shape index (κ1) is 10.0. The highest BCUT2D eigenvalue weighted by Gasteiger charge is 2.36. The van der Waals surface area contributed by atoms with Crippen LogP contribution in [-0.2, 0) is 19.1 Å². The van der Waals surface area contributed by atoms with Gasteiger partial charge in [-0.25, -0.2) is 0 Å². The molecule has 0 aromatic rings. The predicted molar refractivity (Wildman–Crippen MR) is 44.9 cm³/mol. The third-order valence-electron chi connectivity index (χ3n) is 1.63. The monoisotopic (exact) mass is 186 g/mol. The van der Waals surface area contributed by atoms with Gasteiger partial charge in [-0.15, -0.1) is 0 Å². The molecule has 0 bridgehead atoms. The molecule has 0 radical (unpaired) electrons. The van der Waals surface area contributed by atoms with Crippen molar-refractivity contribution in [3.05, 3.63) is 0 Å². The summed E-state index contributed by atoms with van der Waals surface area (Å²) in [5, 5.41) is 0. The first-order valence-corrected chi connectivity index (χ1v) is 4.29. The van der Waals surface area contributed by atoms with Crippen LogP contribution in [0.15, 0.2) is 0 Å². The molecule has 0 aromatic heterocycles. The van der Waals surface area contributed by atoms with Crippen molar-refractivity contribution in [1.82, 2.24) is 0 Å². The van der Waals surface area contributed by atoms with E-state index in [1.54, 1.807) is 20.8 Å². The van der Waals surface area contributed by atoms with Crippen LogP contribution in [0.4, 0.5) is 0 Å². The number of cyclic esters (lactones) is 1. The molecule has 74 valence electrons. The molecule has 0 amide bonds. The Labute approximate surface area is 77.2 Å². The largest absolute Gasteiger partial charge is 0.465 e. The Morgan fingerprint density at radius 2 is 2.15 bits per heavy atom.